The van der Waals surface area contributed by atoms with E-state index in [1.54, 1.807) is 7.11 Å². The van der Waals surface area contributed by atoms with Crippen molar-refractivity contribution in [2.24, 2.45) is 0 Å². The highest BCUT2D eigenvalue weighted by Crippen LogP contribution is 2.22. The van der Waals surface area contributed by atoms with Gasteiger partial charge in [-0.05, 0) is 24.3 Å². The summed E-state index contributed by atoms with van der Waals surface area (Å²) in [4.78, 5) is 11.7. The van der Waals surface area contributed by atoms with Gasteiger partial charge in [0.05, 0.1) is 19.8 Å². The summed E-state index contributed by atoms with van der Waals surface area (Å²) in [6.07, 6.45) is 0. The fourth-order valence-corrected chi connectivity index (χ4v) is 1.99. The summed E-state index contributed by atoms with van der Waals surface area (Å²) in [6, 6.07) is 11.5. The lowest BCUT2D eigenvalue weighted by molar-refractivity contribution is 0.0601. The number of halogens is 1. The fraction of sp³-hybridized carbons (Fsp3) is 0.188. The SMILES string of the molecule is COC(=O)c1cc(F)ccc1NCc1ccccc1OC. The lowest BCUT2D eigenvalue weighted by Gasteiger charge is -2.13. The Labute approximate surface area is 122 Å². The average molecular weight is 289 g/mol. The number of carbonyl (C=O) groups excluding carboxylic acids is 1. The van der Waals surface area contributed by atoms with E-state index in [1.165, 1.54) is 19.2 Å². The number of hydrogen-bond donors (Lipinski definition) is 1. The third-order valence-electron chi connectivity index (χ3n) is 3.05. The van der Waals surface area contributed by atoms with Crippen LogP contribution in [0.3, 0.4) is 0 Å². The number of benzene rings is 2. The number of methoxy groups -OCH3 is 2. The monoisotopic (exact) mass is 289 g/mol. The molecule has 0 aliphatic carbocycles. The van der Waals surface area contributed by atoms with Crippen LogP contribution in [0, 0.1) is 5.82 Å². The lowest BCUT2D eigenvalue weighted by Crippen LogP contribution is -2.09. The molecule has 1 N–H and O–H groups in total. The van der Waals surface area contributed by atoms with Gasteiger partial charge in [-0.25, -0.2) is 9.18 Å². The maximum Gasteiger partial charge on any atom is 0.340 e. The molecule has 0 aliphatic rings. The predicted octanol–water partition coefficient (Wildman–Crippen LogP) is 3.23. The van der Waals surface area contributed by atoms with Gasteiger partial charge in [-0.2, -0.15) is 0 Å². The maximum absolute atomic E-state index is 13.3. The first kappa shape index (κ1) is 14.8. The van der Waals surface area contributed by atoms with Crippen molar-refractivity contribution < 1.29 is 18.7 Å². The molecule has 4 nitrogen and oxygen atoms in total. The Hall–Kier alpha value is -2.56. The molecule has 5 heteroatoms. The van der Waals surface area contributed by atoms with Crippen molar-refractivity contribution in [3.05, 3.63) is 59.4 Å². The highest BCUT2D eigenvalue weighted by Gasteiger charge is 2.13. The lowest BCUT2D eigenvalue weighted by atomic mass is 10.1. The molecule has 0 fully saturated rings. The van der Waals surface area contributed by atoms with E-state index in [1.807, 2.05) is 24.3 Å². The van der Waals surface area contributed by atoms with Gasteiger partial charge in [0.25, 0.3) is 0 Å². The summed E-state index contributed by atoms with van der Waals surface area (Å²) in [7, 11) is 2.86. The van der Waals surface area contributed by atoms with Crippen LogP contribution in [0.15, 0.2) is 42.5 Å². The summed E-state index contributed by atoms with van der Waals surface area (Å²) in [5.74, 6) is -0.331. The smallest absolute Gasteiger partial charge is 0.340 e. The molecule has 0 amide bonds. The van der Waals surface area contributed by atoms with Gasteiger partial charge >= 0.3 is 5.97 Å². The molecule has 0 unspecified atom stereocenters. The van der Waals surface area contributed by atoms with E-state index < -0.39 is 11.8 Å². The van der Waals surface area contributed by atoms with Gasteiger partial charge in [-0.15, -0.1) is 0 Å². The van der Waals surface area contributed by atoms with Gasteiger partial charge in [0.1, 0.15) is 11.6 Å². The quantitative estimate of drug-likeness (QED) is 0.858. The highest BCUT2D eigenvalue weighted by molar-refractivity contribution is 5.95. The predicted molar refractivity (Wildman–Crippen MR) is 78.1 cm³/mol. The summed E-state index contributed by atoms with van der Waals surface area (Å²) in [6.45, 7) is 0.444. The Morgan fingerprint density at radius 2 is 1.95 bits per heavy atom. The fourth-order valence-electron chi connectivity index (χ4n) is 1.99. The average Bonchev–Trinajstić information content (AvgIpc) is 2.53. The van der Waals surface area contributed by atoms with Crippen LogP contribution in [0.4, 0.5) is 10.1 Å². The molecule has 2 rings (SSSR count). The molecule has 0 bridgehead atoms. The molecule has 0 atom stereocenters. The second-order valence-corrected chi connectivity index (χ2v) is 4.35. The number of esters is 1. The Kier molecular flexibility index (Phi) is 4.77. The van der Waals surface area contributed by atoms with Gasteiger partial charge in [0.15, 0.2) is 0 Å². The Balaban J connectivity index is 2.22. The first-order valence-corrected chi connectivity index (χ1v) is 6.39. The van der Waals surface area contributed by atoms with E-state index in [0.717, 1.165) is 17.4 Å². The second kappa shape index (κ2) is 6.74. The highest BCUT2D eigenvalue weighted by atomic mass is 19.1. The van der Waals surface area contributed by atoms with Crippen LogP contribution < -0.4 is 10.1 Å². The Morgan fingerprint density at radius 3 is 2.67 bits per heavy atom. The molecule has 0 heterocycles. The Morgan fingerprint density at radius 1 is 1.19 bits per heavy atom. The van der Waals surface area contributed by atoms with Crippen LogP contribution in [-0.4, -0.2) is 20.2 Å². The van der Waals surface area contributed by atoms with Crippen molar-refractivity contribution in [3.8, 4) is 5.75 Å². The molecule has 0 radical (unpaired) electrons. The minimum atomic E-state index is -0.586. The number of rotatable bonds is 5. The van der Waals surface area contributed by atoms with Crippen molar-refractivity contribution >= 4 is 11.7 Å². The van der Waals surface area contributed by atoms with Crippen LogP contribution in [-0.2, 0) is 11.3 Å². The van der Waals surface area contributed by atoms with Crippen LogP contribution in [0.2, 0.25) is 0 Å². The molecule has 0 aromatic heterocycles. The molecule has 0 spiro atoms. The number of anilines is 1. The number of para-hydroxylation sites is 1. The third-order valence-corrected chi connectivity index (χ3v) is 3.05. The van der Waals surface area contributed by atoms with E-state index in [-0.39, 0.29) is 5.56 Å². The number of ether oxygens (including phenoxy) is 2. The first-order valence-electron chi connectivity index (χ1n) is 6.39. The second-order valence-electron chi connectivity index (χ2n) is 4.35. The van der Waals surface area contributed by atoms with Gasteiger partial charge in [0, 0.05) is 17.8 Å². The van der Waals surface area contributed by atoms with Crippen LogP contribution in [0.25, 0.3) is 0 Å². The molecular formula is C16H16FNO3. The molecular weight excluding hydrogens is 273 g/mol. The molecule has 0 aliphatic heterocycles. The number of hydrogen-bond acceptors (Lipinski definition) is 4. The standard InChI is InChI=1S/C16H16FNO3/c1-20-15-6-4-3-5-11(15)10-18-14-8-7-12(17)9-13(14)16(19)21-2/h3-9,18H,10H2,1-2H3. The first-order chi connectivity index (χ1) is 10.2. The zero-order valence-corrected chi connectivity index (χ0v) is 11.9. The number of nitrogens with one attached hydrogen (secondary N) is 1. The molecule has 0 saturated carbocycles. The van der Waals surface area contributed by atoms with Gasteiger partial charge in [-0.3, -0.25) is 0 Å². The van der Waals surface area contributed by atoms with E-state index in [0.29, 0.717) is 12.2 Å². The van der Waals surface area contributed by atoms with Crippen LogP contribution in [0.5, 0.6) is 5.75 Å². The van der Waals surface area contributed by atoms with Gasteiger partial charge in [0.2, 0.25) is 0 Å². The zero-order chi connectivity index (χ0) is 15.2. The maximum atomic E-state index is 13.3. The minimum Gasteiger partial charge on any atom is -0.496 e. The van der Waals surface area contributed by atoms with Crippen LogP contribution in [0.1, 0.15) is 15.9 Å². The molecule has 2 aromatic rings. The minimum absolute atomic E-state index is 0.160. The topological polar surface area (TPSA) is 47.6 Å². The summed E-state index contributed by atoms with van der Waals surface area (Å²) < 4.78 is 23.2. The van der Waals surface area contributed by atoms with Crippen LogP contribution >= 0.6 is 0 Å². The summed E-state index contributed by atoms with van der Waals surface area (Å²) >= 11 is 0. The number of carbonyl (C=O) groups is 1. The van der Waals surface area contributed by atoms with E-state index >= 15 is 0 Å². The zero-order valence-electron chi connectivity index (χ0n) is 11.9. The van der Waals surface area contributed by atoms with Crippen molar-refractivity contribution in [1.82, 2.24) is 0 Å². The Bertz CT molecular complexity index is 643. The van der Waals surface area contributed by atoms with E-state index in [9.17, 15) is 9.18 Å². The normalized spacial score (nSPS) is 10.0. The van der Waals surface area contributed by atoms with E-state index in [4.69, 9.17) is 4.74 Å². The van der Waals surface area contributed by atoms with E-state index in [2.05, 4.69) is 10.1 Å². The van der Waals surface area contributed by atoms with Crippen molar-refractivity contribution in [1.29, 1.82) is 0 Å². The summed E-state index contributed by atoms with van der Waals surface area (Å²) in [5, 5.41) is 3.10. The molecule has 0 saturated heterocycles. The summed E-state index contributed by atoms with van der Waals surface area (Å²) in [5.41, 5.74) is 1.60. The van der Waals surface area contributed by atoms with Crippen molar-refractivity contribution in [2.45, 2.75) is 6.54 Å². The largest absolute Gasteiger partial charge is 0.496 e. The van der Waals surface area contributed by atoms with Crippen molar-refractivity contribution in [3.63, 3.8) is 0 Å². The van der Waals surface area contributed by atoms with Gasteiger partial charge in [-0.1, -0.05) is 18.2 Å². The molecule has 110 valence electrons. The van der Waals surface area contributed by atoms with Gasteiger partial charge < -0.3 is 14.8 Å². The molecule has 2 aromatic carbocycles. The third kappa shape index (κ3) is 3.51. The molecule has 21 heavy (non-hydrogen) atoms. The van der Waals surface area contributed by atoms with Crippen molar-refractivity contribution in [2.75, 3.05) is 19.5 Å².